The Labute approximate surface area is 149 Å². The molecule has 2 aromatic carbocycles. The summed E-state index contributed by atoms with van der Waals surface area (Å²) in [6.07, 6.45) is 0.922. The van der Waals surface area contributed by atoms with Crippen molar-refractivity contribution >= 4 is 9.84 Å². The van der Waals surface area contributed by atoms with Gasteiger partial charge in [0.05, 0.1) is 17.2 Å². The molecule has 0 spiro atoms. The van der Waals surface area contributed by atoms with Gasteiger partial charge in [0.2, 0.25) is 0 Å². The normalized spacial score (nSPS) is 11.3. The highest BCUT2D eigenvalue weighted by Gasteiger charge is 2.21. The van der Waals surface area contributed by atoms with Gasteiger partial charge in [-0.1, -0.05) is 23.4 Å². The van der Waals surface area contributed by atoms with Crippen molar-refractivity contribution in [1.29, 1.82) is 5.26 Å². The van der Waals surface area contributed by atoms with E-state index in [-0.39, 0.29) is 5.76 Å². The van der Waals surface area contributed by atoms with Gasteiger partial charge in [-0.3, -0.25) is 0 Å². The summed E-state index contributed by atoms with van der Waals surface area (Å²) in [5, 5.41) is 22.3. The molecular formula is C18H13FN2O4S. The molecule has 0 unspecified atom stereocenters. The number of nitrogens with zero attached hydrogens (tertiary/aromatic N) is 2. The van der Waals surface area contributed by atoms with Gasteiger partial charge in [-0.2, -0.15) is 5.26 Å². The van der Waals surface area contributed by atoms with E-state index in [9.17, 15) is 17.9 Å². The third-order valence-electron chi connectivity index (χ3n) is 3.81. The van der Waals surface area contributed by atoms with Crippen LogP contribution in [-0.4, -0.2) is 24.9 Å². The summed E-state index contributed by atoms with van der Waals surface area (Å²) >= 11 is 0. The van der Waals surface area contributed by atoms with Gasteiger partial charge >= 0.3 is 0 Å². The largest absolute Gasteiger partial charge is 0.388 e. The second-order valence-corrected chi connectivity index (χ2v) is 7.58. The third-order valence-corrected chi connectivity index (χ3v) is 4.94. The lowest BCUT2D eigenvalue weighted by Crippen LogP contribution is -2.01. The molecule has 3 rings (SSSR count). The zero-order chi connectivity index (χ0) is 18.9. The van der Waals surface area contributed by atoms with Crippen LogP contribution in [0.25, 0.3) is 22.4 Å². The highest BCUT2D eigenvalue weighted by atomic mass is 32.2. The first-order valence-electron chi connectivity index (χ1n) is 7.45. The van der Waals surface area contributed by atoms with Crippen molar-refractivity contribution in [3.05, 3.63) is 59.6 Å². The predicted octanol–water partition coefficient (Wildman–Crippen LogP) is 2.92. The predicted molar refractivity (Wildman–Crippen MR) is 91.1 cm³/mol. The fourth-order valence-electron chi connectivity index (χ4n) is 2.59. The molecule has 3 aromatic rings. The quantitative estimate of drug-likeness (QED) is 0.755. The van der Waals surface area contributed by atoms with Gasteiger partial charge in [-0.15, -0.1) is 0 Å². The lowest BCUT2D eigenvalue weighted by atomic mass is 9.98. The number of sulfone groups is 1. The van der Waals surface area contributed by atoms with Gasteiger partial charge < -0.3 is 9.63 Å². The lowest BCUT2D eigenvalue weighted by molar-refractivity contribution is 0.230. The highest BCUT2D eigenvalue weighted by molar-refractivity contribution is 7.90. The van der Waals surface area contributed by atoms with Gasteiger partial charge in [-0.05, 0) is 29.8 Å². The minimum absolute atomic E-state index is 0.121. The molecule has 132 valence electrons. The van der Waals surface area contributed by atoms with Gasteiger partial charge in [-0.25, -0.2) is 12.8 Å². The van der Waals surface area contributed by atoms with Crippen molar-refractivity contribution in [1.82, 2.24) is 5.16 Å². The van der Waals surface area contributed by atoms with Crippen LogP contribution in [-0.2, 0) is 16.4 Å². The summed E-state index contributed by atoms with van der Waals surface area (Å²) in [5.74, 6) is -0.781. The summed E-state index contributed by atoms with van der Waals surface area (Å²) in [6.45, 7) is -0.464. The summed E-state index contributed by atoms with van der Waals surface area (Å²) in [5.41, 5.74) is 2.10. The minimum atomic E-state index is -3.70. The van der Waals surface area contributed by atoms with Crippen LogP contribution in [0.1, 0.15) is 11.3 Å². The van der Waals surface area contributed by atoms with Crippen LogP contribution in [0.2, 0.25) is 0 Å². The maximum Gasteiger partial charge on any atom is 0.178 e. The summed E-state index contributed by atoms with van der Waals surface area (Å²) in [6, 6.07) is 12.2. The van der Waals surface area contributed by atoms with Crippen LogP contribution in [0.3, 0.4) is 0 Å². The first-order chi connectivity index (χ1) is 12.3. The molecule has 0 amide bonds. The Morgan fingerprint density at radius 3 is 2.38 bits per heavy atom. The fourth-order valence-corrected chi connectivity index (χ4v) is 3.31. The molecule has 0 aliphatic heterocycles. The maximum absolute atomic E-state index is 14.3. The van der Waals surface area contributed by atoms with Crippen LogP contribution >= 0.6 is 0 Å². The third kappa shape index (κ3) is 3.22. The second-order valence-electron chi connectivity index (χ2n) is 5.59. The zero-order valence-corrected chi connectivity index (χ0v) is 14.4. The van der Waals surface area contributed by atoms with Gasteiger partial charge in [0.25, 0.3) is 0 Å². The van der Waals surface area contributed by atoms with E-state index in [1.165, 1.54) is 6.07 Å². The molecule has 26 heavy (non-hydrogen) atoms. The topological polar surface area (TPSA) is 104 Å². The van der Waals surface area contributed by atoms with E-state index >= 15 is 0 Å². The zero-order valence-electron chi connectivity index (χ0n) is 13.6. The van der Waals surface area contributed by atoms with Crippen molar-refractivity contribution < 1.29 is 22.4 Å². The minimum Gasteiger partial charge on any atom is -0.388 e. The molecule has 8 heteroatoms. The van der Waals surface area contributed by atoms with Crippen molar-refractivity contribution in [3.63, 3.8) is 0 Å². The average Bonchev–Trinajstić information content (AvgIpc) is 3.04. The highest BCUT2D eigenvalue weighted by Crippen LogP contribution is 2.36. The molecule has 1 N–H and O–H groups in total. The van der Waals surface area contributed by atoms with Crippen molar-refractivity contribution in [2.75, 3.05) is 6.26 Å². The Morgan fingerprint density at radius 2 is 1.85 bits per heavy atom. The van der Waals surface area contributed by atoms with Crippen LogP contribution in [0.15, 0.2) is 51.9 Å². The fraction of sp³-hybridized carbons (Fsp3) is 0.111. The van der Waals surface area contributed by atoms with Crippen LogP contribution in [0.4, 0.5) is 4.39 Å². The summed E-state index contributed by atoms with van der Waals surface area (Å²) in [7, 11) is -3.70. The van der Waals surface area contributed by atoms with E-state index in [1.54, 1.807) is 24.3 Å². The van der Waals surface area contributed by atoms with Crippen LogP contribution in [0, 0.1) is 17.1 Å². The molecule has 0 radical (unpaired) electrons. The Balaban J connectivity index is 2.17. The summed E-state index contributed by atoms with van der Waals surface area (Å²) < 4.78 is 42.6. The number of aromatic nitrogens is 1. The van der Waals surface area contributed by atoms with Gasteiger partial charge in [0, 0.05) is 11.8 Å². The Hall–Kier alpha value is -3.02. The van der Waals surface area contributed by atoms with Crippen molar-refractivity contribution in [2.45, 2.75) is 11.5 Å². The molecule has 1 aromatic heterocycles. The molecule has 0 fully saturated rings. The molecule has 6 nitrogen and oxygen atoms in total. The van der Waals surface area contributed by atoms with E-state index in [0.29, 0.717) is 27.9 Å². The maximum atomic E-state index is 14.3. The van der Waals surface area contributed by atoms with Crippen LogP contribution in [0.5, 0.6) is 0 Å². The number of halogens is 1. The van der Waals surface area contributed by atoms with E-state index in [2.05, 4.69) is 5.16 Å². The molecule has 1 heterocycles. The molecule has 0 saturated carbocycles. The number of hydrogen-bond acceptors (Lipinski definition) is 6. The molecule has 0 bridgehead atoms. The van der Waals surface area contributed by atoms with E-state index in [4.69, 9.17) is 9.78 Å². The smallest absolute Gasteiger partial charge is 0.178 e. The molecule has 0 aliphatic rings. The number of aliphatic hydroxyl groups is 1. The molecular weight excluding hydrogens is 359 g/mol. The first kappa shape index (κ1) is 17.8. The Morgan fingerprint density at radius 1 is 1.19 bits per heavy atom. The number of rotatable bonds is 4. The van der Waals surface area contributed by atoms with Crippen molar-refractivity contribution in [2.24, 2.45) is 0 Å². The Kier molecular flexibility index (Phi) is 4.59. The van der Waals surface area contributed by atoms with E-state index < -0.39 is 27.2 Å². The van der Waals surface area contributed by atoms with Gasteiger partial charge in [0.1, 0.15) is 23.0 Å². The van der Waals surface area contributed by atoms with Gasteiger partial charge in [0.15, 0.2) is 15.6 Å². The van der Waals surface area contributed by atoms with E-state index in [0.717, 1.165) is 18.4 Å². The number of nitriles is 1. The van der Waals surface area contributed by atoms with E-state index in [1.807, 2.05) is 6.07 Å². The SMILES string of the molecule is CS(=O)(=O)c1ccc(-c2c(-c3ccc(C#N)cc3)noc2CO)cc1F. The number of benzene rings is 2. The Bertz CT molecular complexity index is 1110. The average molecular weight is 372 g/mol. The second kappa shape index (κ2) is 6.71. The summed E-state index contributed by atoms with van der Waals surface area (Å²) in [4.78, 5) is -0.414. The van der Waals surface area contributed by atoms with Crippen LogP contribution < -0.4 is 0 Å². The molecule has 0 saturated heterocycles. The lowest BCUT2D eigenvalue weighted by Gasteiger charge is -2.07. The number of hydrogen-bond donors (Lipinski definition) is 1. The molecule has 0 aliphatic carbocycles. The monoisotopic (exact) mass is 372 g/mol. The first-order valence-corrected chi connectivity index (χ1v) is 9.34. The van der Waals surface area contributed by atoms with Crippen molar-refractivity contribution in [3.8, 4) is 28.5 Å². The number of aliphatic hydroxyl groups excluding tert-OH is 1. The standard InChI is InChI=1S/C18H13FN2O4S/c1-26(23,24)16-7-6-13(8-14(16)19)17-15(10-22)25-21-18(17)12-4-2-11(9-20)3-5-12/h2-8,22H,10H2,1H3. The molecule has 0 atom stereocenters.